The van der Waals surface area contributed by atoms with E-state index < -0.39 is 0 Å². The number of hydrogen-bond donors (Lipinski definition) is 0. The van der Waals surface area contributed by atoms with Crippen molar-refractivity contribution in [3.8, 4) is 5.75 Å². The second kappa shape index (κ2) is 6.48. The average Bonchev–Trinajstić information content (AvgIpc) is 2.38. The van der Waals surface area contributed by atoms with Crippen LogP contribution in [0.25, 0.3) is 0 Å². The Morgan fingerprint density at radius 2 is 1.89 bits per heavy atom. The molecule has 98 valence electrons. The van der Waals surface area contributed by atoms with Gasteiger partial charge in [0.05, 0.1) is 6.61 Å². The van der Waals surface area contributed by atoms with Gasteiger partial charge in [-0.25, -0.2) is 4.39 Å². The third kappa shape index (κ3) is 4.17. The van der Waals surface area contributed by atoms with Crippen LogP contribution in [0, 0.1) is 5.82 Å². The second-order valence-corrected chi connectivity index (χ2v) is 4.91. The van der Waals surface area contributed by atoms with Crippen molar-refractivity contribution in [2.75, 3.05) is 6.61 Å². The number of hydrogen-bond acceptors (Lipinski definition) is 2. The minimum atomic E-state index is -0.376. The molecule has 2 aromatic carbocycles. The molecule has 0 aliphatic carbocycles. The minimum absolute atomic E-state index is 0.0102. The van der Waals surface area contributed by atoms with Crippen LogP contribution in [-0.4, -0.2) is 12.4 Å². The van der Waals surface area contributed by atoms with E-state index in [0.717, 1.165) is 0 Å². The number of benzene rings is 2. The molecule has 0 aliphatic rings. The van der Waals surface area contributed by atoms with Crippen LogP contribution in [0.15, 0.2) is 53.0 Å². The van der Waals surface area contributed by atoms with Gasteiger partial charge in [-0.1, -0.05) is 46.3 Å². The number of carbonyl (C=O) groups is 1. The van der Waals surface area contributed by atoms with E-state index in [-0.39, 0.29) is 24.6 Å². The highest BCUT2D eigenvalue weighted by Gasteiger charge is 2.06. The zero-order valence-electron chi connectivity index (χ0n) is 10.1. The molecule has 0 fully saturated rings. The summed E-state index contributed by atoms with van der Waals surface area (Å²) in [7, 11) is 0. The second-order valence-electron chi connectivity index (χ2n) is 3.99. The normalized spacial score (nSPS) is 10.2. The van der Waals surface area contributed by atoms with Crippen LogP contribution in [-0.2, 0) is 0 Å². The molecule has 4 heteroatoms. The fraction of sp³-hybridized carbons (Fsp3) is 0.133. The molecule has 0 bridgehead atoms. The fourth-order valence-electron chi connectivity index (χ4n) is 1.64. The number of Topliss-reactive ketones (excluding diaryl/α,β-unsaturated/α-hetero) is 1. The molecule has 0 unspecified atom stereocenters. The molecular formula is C15H12BrFO2. The summed E-state index contributed by atoms with van der Waals surface area (Å²) < 4.78 is 19.1. The summed E-state index contributed by atoms with van der Waals surface area (Å²) in [6.07, 6.45) is 0.262. The van der Waals surface area contributed by atoms with Crippen LogP contribution < -0.4 is 4.74 Å². The van der Waals surface area contributed by atoms with Crippen LogP contribution in [0.5, 0.6) is 5.75 Å². The van der Waals surface area contributed by atoms with Crippen LogP contribution >= 0.6 is 15.9 Å². The van der Waals surface area contributed by atoms with E-state index in [1.165, 1.54) is 12.1 Å². The van der Waals surface area contributed by atoms with E-state index in [1.807, 2.05) is 18.2 Å². The van der Waals surface area contributed by atoms with Crippen LogP contribution in [0.1, 0.15) is 16.8 Å². The molecule has 0 saturated heterocycles. The van der Waals surface area contributed by atoms with Gasteiger partial charge >= 0.3 is 0 Å². The molecule has 0 atom stereocenters. The molecule has 2 nitrogen and oxygen atoms in total. The lowest BCUT2D eigenvalue weighted by Gasteiger charge is -2.06. The summed E-state index contributed by atoms with van der Waals surface area (Å²) in [4.78, 5) is 11.8. The first kappa shape index (κ1) is 13.7. The summed E-state index contributed by atoms with van der Waals surface area (Å²) in [5.74, 6) is 0.0440. The SMILES string of the molecule is O=C(CCOc1cc(F)cc(Br)c1)c1ccccc1. The van der Waals surface area contributed by atoms with E-state index in [9.17, 15) is 9.18 Å². The summed E-state index contributed by atoms with van der Waals surface area (Å²) in [5, 5.41) is 0. The number of ketones is 1. The van der Waals surface area contributed by atoms with Crippen molar-refractivity contribution in [1.29, 1.82) is 0 Å². The maximum atomic E-state index is 13.1. The Morgan fingerprint density at radius 1 is 1.16 bits per heavy atom. The van der Waals surface area contributed by atoms with Crippen LogP contribution in [0.4, 0.5) is 4.39 Å². The molecule has 0 heterocycles. The monoisotopic (exact) mass is 322 g/mol. The zero-order chi connectivity index (χ0) is 13.7. The predicted molar refractivity (Wildman–Crippen MR) is 75.0 cm³/mol. The summed E-state index contributed by atoms with van der Waals surface area (Å²) in [5.41, 5.74) is 0.659. The zero-order valence-corrected chi connectivity index (χ0v) is 11.7. The Labute approximate surface area is 119 Å². The highest BCUT2D eigenvalue weighted by molar-refractivity contribution is 9.10. The van der Waals surface area contributed by atoms with E-state index >= 15 is 0 Å². The average molecular weight is 323 g/mol. The summed E-state index contributed by atoms with van der Waals surface area (Å²) in [6, 6.07) is 13.3. The molecule has 19 heavy (non-hydrogen) atoms. The van der Waals surface area contributed by atoms with E-state index in [2.05, 4.69) is 15.9 Å². The van der Waals surface area contributed by atoms with Crippen molar-refractivity contribution in [2.24, 2.45) is 0 Å². The quantitative estimate of drug-likeness (QED) is 0.769. The Morgan fingerprint density at radius 3 is 2.58 bits per heavy atom. The number of carbonyl (C=O) groups excluding carboxylic acids is 1. The van der Waals surface area contributed by atoms with Gasteiger partial charge in [0.2, 0.25) is 0 Å². The molecule has 0 amide bonds. The van der Waals surface area contributed by atoms with Gasteiger partial charge < -0.3 is 4.74 Å². The highest BCUT2D eigenvalue weighted by Crippen LogP contribution is 2.20. The number of rotatable bonds is 5. The highest BCUT2D eigenvalue weighted by atomic mass is 79.9. The van der Waals surface area contributed by atoms with Gasteiger partial charge in [0.25, 0.3) is 0 Å². The number of halogens is 2. The van der Waals surface area contributed by atoms with Crippen molar-refractivity contribution >= 4 is 21.7 Å². The molecule has 0 aliphatic heterocycles. The topological polar surface area (TPSA) is 26.3 Å². The van der Waals surface area contributed by atoms with Crippen molar-refractivity contribution in [2.45, 2.75) is 6.42 Å². The first-order valence-corrected chi connectivity index (χ1v) is 6.61. The lowest BCUT2D eigenvalue weighted by atomic mass is 10.1. The van der Waals surface area contributed by atoms with E-state index in [4.69, 9.17) is 4.74 Å². The Kier molecular flexibility index (Phi) is 4.68. The van der Waals surface area contributed by atoms with Crippen molar-refractivity contribution in [3.63, 3.8) is 0 Å². The maximum absolute atomic E-state index is 13.1. The van der Waals surface area contributed by atoms with Crippen LogP contribution in [0.3, 0.4) is 0 Å². The predicted octanol–water partition coefficient (Wildman–Crippen LogP) is 4.24. The Hall–Kier alpha value is -1.68. The van der Waals surface area contributed by atoms with Gasteiger partial charge in [0, 0.05) is 22.5 Å². The standard InChI is InChI=1S/C15H12BrFO2/c16-12-8-13(17)10-14(9-12)19-7-6-15(18)11-4-2-1-3-5-11/h1-5,8-10H,6-7H2. The van der Waals surface area contributed by atoms with Crippen molar-refractivity contribution in [1.82, 2.24) is 0 Å². The van der Waals surface area contributed by atoms with Crippen molar-refractivity contribution in [3.05, 3.63) is 64.4 Å². The third-order valence-electron chi connectivity index (χ3n) is 2.53. The molecule has 0 radical (unpaired) electrons. The van der Waals surface area contributed by atoms with Gasteiger partial charge in [0.15, 0.2) is 5.78 Å². The Balaban J connectivity index is 1.88. The van der Waals surface area contributed by atoms with Crippen LogP contribution in [0.2, 0.25) is 0 Å². The molecule has 0 spiro atoms. The lowest BCUT2D eigenvalue weighted by molar-refractivity contribution is 0.0962. The molecule has 0 N–H and O–H groups in total. The third-order valence-corrected chi connectivity index (χ3v) is 2.99. The smallest absolute Gasteiger partial charge is 0.166 e. The first-order valence-electron chi connectivity index (χ1n) is 5.82. The molecular weight excluding hydrogens is 311 g/mol. The maximum Gasteiger partial charge on any atom is 0.166 e. The molecule has 2 aromatic rings. The van der Waals surface area contributed by atoms with Gasteiger partial charge in [-0.3, -0.25) is 4.79 Å². The molecule has 0 aromatic heterocycles. The minimum Gasteiger partial charge on any atom is -0.493 e. The summed E-state index contributed by atoms with van der Waals surface area (Å²) in [6.45, 7) is 0.226. The lowest BCUT2D eigenvalue weighted by Crippen LogP contribution is -2.06. The van der Waals surface area contributed by atoms with Gasteiger partial charge in [0.1, 0.15) is 11.6 Å². The van der Waals surface area contributed by atoms with E-state index in [1.54, 1.807) is 18.2 Å². The molecule has 2 rings (SSSR count). The first-order chi connectivity index (χ1) is 9.15. The fourth-order valence-corrected chi connectivity index (χ4v) is 2.09. The largest absolute Gasteiger partial charge is 0.493 e. The van der Waals surface area contributed by atoms with E-state index in [0.29, 0.717) is 15.8 Å². The van der Waals surface area contributed by atoms with Gasteiger partial charge in [-0.05, 0) is 12.1 Å². The molecule has 0 saturated carbocycles. The Bertz CT molecular complexity index is 549. The number of ether oxygens (including phenoxy) is 1. The van der Waals surface area contributed by atoms with Crippen molar-refractivity contribution < 1.29 is 13.9 Å². The summed E-state index contributed by atoms with van der Waals surface area (Å²) >= 11 is 3.18. The van der Waals surface area contributed by atoms with Gasteiger partial charge in [-0.2, -0.15) is 0 Å². The van der Waals surface area contributed by atoms with Gasteiger partial charge in [-0.15, -0.1) is 0 Å².